The van der Waals surface area contributed by atoms with Crippen LogP contribution in [0.15, 0.2) is 18.2 Å². The van der Waals surface area contributed by atoms with Crippen LogP contribution in [0.3, 0.4) is 0 Å². The normalized spacial score (nSPS) is 24.0. The van der Waals surface area contributed by atoms with Crippen molar-refractivity contribution in [2.75, 3.05) is 19.6 Å². The van der Waals surface area contributed by atoms with E-state index >= 15 is 0 Å². The Hall–Kier alpha value is -0.930. The number of likely N-dealkylation sites (tertiary alicyclic amines) is 1. The minimum atomic E-state index is -0.142. The van der Waals surface area contributed by atoms with E-state index in [1.165, 1.54) is 37.9 Å². The van der Waals surface area contributed by atoms with Gasteiger partial charge in [0, 0.05) is 19.1 Å². The third-order valence-electron chi connectivity index (χ3n) is 4.43. The maximum absolute atomic E-state index is 13.0. The molecule has 1 saturated heterocycles. The fourth-order valence-corrected chi connectivity index (χ4v) is 3.07. The highest BCUT2D eigenvalue weighted by molar-refractivity contribution is 5.26. The van der Waals surface area contributed by atoms with Gasteiger partial charge >= 0.3 is 0 Å². The topological polar surface area (TPSA) is 15.3 Å². The number of hydrogen-bond acceptors (Lipinski definition) is 2. The van der Waals surface area contributed by atoms with Crippen LogP contribution in [-0.4, -0.2) is 30.6 Å². The van der Waals surface area contributed by atoms with Crippen molar-refractivity contribution in [2.45, 2.75) is 38.8 Å². The van der Waals surface area contributed by atoms with Crippen molar-refractivity contribution in [3.8, 4) is 0 Å². The number of rotatable bonds is 5. The first kappa shape index (κ1) is 13.1. The standard InChI is InChI=1S/C16H23FN2/c1-12-8-15(17)3-2-14(12)10-18-9-13-6-7-19(11-13)16-4-5-16/h2-3,8,13,16,18H,4-7,9-11H2,1H3. The van der Waals surface area contributed by atoms with E-state index in [0.717, 1.165) is 30.6 Å². The molecule has 1 atom stereocenters. The van der Waals surface area contributed by atoms with E-state index in [1.54, 1.807) is 12.1 Å². The molecule has 1 aromatic rings. The molecule has 3 rings (SSSR count). The first-order valence-corrected chi connectivity index (χ1v) is 7.42. The average molecular weight is 262 g/mol. The van der Waals surface area contributed by atoms with Gasteiger partial charge in [-0.2, -0.15) is 0 Å². The Morgan fingerprint density at radius 1 is 1.32 bits per heavy atom. The predicted molar refractivity (Wildman–Crippen MR) is 75.5 cm³/mol. The van der Waals surface area contributed by atoms with Gasteiger partial charge in [-0.05, 0) is 68.5 Å². The lowest BCUT2D eigenvalue weighted by atomic mass is 10.1. The second-order valence-corrected chi connectivity index (χ2v) is 6.08. The third kappa shape index (κ3) is 3.34. The van der Waals surface area contributed by atoms with Gasteiger partial charge in [0.1, 0.15) is 5.82 Å². The van der Waals surface area contributed by atoms with Crippen LogP contribution in [0.2, 0.25) is 0 Å². The number of benzene rings is 1. The first-order valence-electron chi connectivity index (χ1n) is 7.42. The molecular formula is C16H23FN2. The van der Waals surface area contributed by atoms with Crippen molar-refractivity contribution in [1.29, 1.82) is 0 Å². The monoisotopic (exact) mass is 262 g/mol. The molecule has 0 amide bonds. The molecular weight excluding hydrogens is 239 g/mol. The zero-order chi connectivity index (χ0) is 13.2. The van der Waals surface area contributed by atoms with Crippen molar-refractivity contribution in [1.82, 2.24) is 10.2 Å². The number of aryl methyl sites for hydroxylation is 1. The van der Waals surface area contributed by atoms with E-state index in [1.807, 2.05) is 13.0 Å². The molecule has 0 bridgehead atoms. The summed E-state index contributed by atoms with van der Waals surface area (Å²) in [5, 5.41) is 3.53. The second kappa shape index (κ2) is 5.59. The second-order valence-electron chi connectivity index (χ2n) is 6.08. The molecule has 2 nitrogen and oxygen atoms in total. The van der Waals surface area contributed by atoms with Gasteiger partial charge in [0.25, 0.3) is 0 Å². The van der Waals surface area contributed by atoms with Gasteiger partial charge in [0.2, 0.25) is 0 Å². The lowest BCUT2D eigenvalue weighted by Gasteiger charge is -2.15. The molecule has 2 fully saturated rings. The average Bonchev–Trinajstić information content (AvgIpc) is 3.13. The largest absolute Gasteiger partial charge is 0.312 e. The molecule has 1 unspecified atom stereocenters. The number of nitrogens with zero attached hydrogens (tertiary/aromatic N) is 1. The lowest BCUT2D eigenvalue weighted by molar-refractivity contribution is 0.312. The van der Waals surface area contributed by atoms with Crippen molar-refractivity contribution in [3.05, 3.63) is 35.1 Å². The Kier molecular flexibility index (Phi) is 3.85. The number of nitrogens with one attached hydrogen (secondary N) is 1. The summed E-state index contributed by atoms with van der Waals surface area (Å²) in [7, 11) is 0. The summed E-state index contributed by atoms with van der Waals surface area (Å²) in [6.07, 6.45) is 4.15. The summed E-state index contributed by atoms with van der Waals surface area (Å²) >= 11 is 0. The molecule has 104 valence electrons. The van der Waals surface area contributed by atoms with Crippen LogP contribution in [-0.2, 0) is 6.54 Å². The Labute approximate surface area is 115 Å². The zero-order valence-corrected chi connectivity index (χ0v) is 11.7. The van der Waals surface area contributed by atoms with E-state index in [9.17, 15) is 4.39 Å². The van der Waals surface area contributed by atoms with E-state index in [-0.39, 0.29) is 5.82 Å². The van der Waals surface area contributed by atoms with Crippen LogP contribution < -0.4 is 5.32 Å². The summed E-state index contributed by atoms with van der Waals surface area (Å²) in [5.41, 5.74) is 2.25. The highest BCUT2D eigenvalue weighted by Gasteiger charge is 2.33. The first-order chi connectivity index (χ1) is 9.22. The van der Waals surface area contributed by atoms with Gasteiger partial charge < -0.3 is 10.2 Å². The molecule has 1 heterocycles. The molecule has 1 N–H and O–H groups in total. The zero-order valence-electron chi connectivity index (χ0n) is 11.7. The summed E-state index contributed by atoms with van der Waals surface area (Å²) in [5.74, 6) is 0.651. The van der Waals surface area contributed by atoms with E-state index in [2.05, 4.69) is 10.2 Å². The molecule has 1 aliphatic heterocycles. The van der Waals surface area contributed by atoms with Gasteiger partial charge in [-0.1, -0.05) is 6.07 Å². The number of halogens is 1. The Bertz CT molecular complexity index is 442. The minimum absolute atomic E-state index is 0.142. The summed E-state index contributed by atoms with van der Waals surface area (Å²) in [4.78, 5) is 2.65. The van der Waals surface area contributed by atoms with Crippen molar-refractivity contribution < 1.29 is 4.39 Å². The summed E-state index contributed by atoms with van der Waals surface area (Å²) in [6.45, 7) is 6.46. The fourth-order valence-electron chi connectivity index (χ4n) is 3.07. The van der Waals surface area contributed by atoms with Crippen molar-refractivity contribution in [3.63, 3.8) is 0 Å². The van der Waals surface area contributed by atoms with Crippen LogP contribution in [0.1, 0.15) is 30.4 Å². The highest BCUT2D eigenvalue weighted by Crippen LogP contribution is 2.31. The van der Waals surface area contributed by atoms with Crippen molar-refractivity contribution >= 4 is 0 Å². The van der Waals surface area contributed by atoms with Crippen LogP contribution in [0.5, 0.6) is 0 Å². The fraction of sp³-hybridized carbons (Fsp3) is 0.625. The third-order valence-corrected chi connectivity index (χ3v) is 4.43. The molecule has 19 heavy (non-hydrogen) atoms. The van der Waals surface area contributed by atoms with Crippen LogP contribution >= 0.6 is 0 Å². The predicted octanol–water partition coefficient (Wildman–Crippen LogP) is 2.71. The smallest absolute Gasteiger partial charge is 0.123 e. The molecule has 0 radical (unpaired) electrons. The van der Waals surface area contributed by atoms with Crippen LogP contribution in [0.4, 0.5) is 4.39 Å². The Morgan fingerprint density at radius 3 is 2.89 bits per heavy atom. The van der Waals surface area contributed by atoms with E-state index < -0.39 is 0 Å². The molecule has 0 aromatic heterocycles. The summed E-state index contributed by atoms with van der Waals surface area (Å²) < 4.78 is 13.0. The van der Waals surface area contributed by atoms with Gasteiger partial charge in [-0.3, -0.25) is 0 Å². The van der Waals surface area contributed by atoms with Gasteiger partial charge in [-0.15, -0.1) is 0 Å². The lowest BCUT2D eigenvalue weighted by Crippen LogP contribution is -2.27. The van der Waals surface area contributed by atoms with Gasteiger partial charge in [0.05, 0.1) is 0 Å². The molecule has 2 aliphatic rings. The molecule has 1 aliphatic carbocycles. The maximum atomic E-state index is 13.0. The molecule has 3 heteroatoms. The van der Waals surface area contributed by atoms with Crippen molar-refractivity contribution in [2.24, 2.45) is 5.92 Å². The molecule has 1 saturated carbocycles. The van der Waals surface area contributed by atoms with Crippen LogP contribution in [0.25, 0.3) is 0 Å². The molecule has 1 aromatic carbocycles. The van der Waals surface area contributed by atoms with E-state index in [0.29, 0.717) is 0 Å². The quantitative estimate of drug-likeness (QED) is 0.877. The Morgan fingerprint density at radius 2 is 2.16 bits per heavy atom. The van der Waals surface area contributed by atoms with E-state index in [4.69, 9.17) is 0 Å². The highest BCUT2D eigenvalue weighted by atomic mass is 19.1. The van der Waals surface area contributed by atoms with Gasteiger partial charge in [0.15, 0.2) is 0 Å². The number of hydrogen-bond donors (Lipinski definition) is 1. The summed E-state index contributed by atoms with van der Waals surface area (Å²) in [6, 6.07) is 5.96. The Balaban J connectivity index is 1.43. The SMILES string of the molecule is Cc1cc(F)ccc1CNCC1CCN(C2CC2)C1. The molecule has 0 spiro atoms. The minimum Gasteiger partial charge on any atom is -0.312 e. The van der Waals surface area contributed by atoms with Gasteiger partial charge in [-0.25, -0.2) is 4.39 Å². The maximum Gasteiger partial charge on any atom is 0.123 e. The van der Waals surface area contributed by atoms with Crippen LogP contribution in [0, 0.1) is 18.7 Å².